The molecule has 1 unspecified atom stereocenters. The van der Waals surface area contributed by atoms with Gasteiger partial charge >= 0.3 is 0 Å². The van der Waals surface area contributed by atoms with E-state index >= 15 is 0 Å². The zero-order valence-electron chi connectivity index (χ0n) is 10.5. The molecule has 94 valence electrons. The van der Waals surface area contributed by atoms with Crippen molar-refractivity contribution in [3.63, 3.8) is 0 Å². The Labute approximate surface area is 106 Å². The Kier molecular flexibility index (Phi) is 3.87. The van der Waals surface area contributed by atoms with Crippen LogP contribution in [0.3, 0.4) is 0 Å². The van der Waals surface area contributed by atoms with E-state index < -0.39 is 0 Å². The minimum atomic E-state index is -0.203. The lowest BCUT2D eigenvalue weighted by molar-refractivity contribution is 0.626. The molecule has 4 heteroatoms. The number of benzene rings is 1. The smallest absolute Gasteiger partial charge is 0.129 e. The van der Waals surface area contributed by atoms with Gasteiger partial charge in [-0.05, 0) is 44.0 Å². The third-order valence-electron chi connectivity index (χ3n) is 2.63. The van der Waals surface area contributed by atoms with Crippen LogP contribution in [-0.2, 0) is 6.42 Å². The molecule has 18 heavy (non-hydrogen) atoms. The molecule has 1 heterocycles. The first-order chi connectivity index (χ1) is 8.63. The fourth-order valence-corrected chi connectivity index (χ4v) is 1.81. The number of aromatic nitrogens is 2. The van der Waals surface area contributed by atoms with Crippen LogP contribution < -0.4 is 5.32 Å². The maximum atomic E-state index is 12.8. The molecule has 1 aromatic heterocycles. The van der Waals surface area contributed by atoms with Gasteiger partial charge in [0, 0.05) is 12.2 Å². The normalized spacial score (nSPS) is 12.2. The Morgan fingerprint density at radius 1 is 1.22 bits per heavy atom. The third-order valence-corrected chi connectivity index (χ3v) is 2.63. The summed E-state index contributed by atoms with van der Waals surface area (Å²) in [5, 5.41) is 3.30. The molecule has 0 radical (unpaired) electrons. The number of rotatable bonds is 4. The number of nitrogens with zero attached hydrogens (tertiary/aromatic N) is 2. The molecule has 0 amide bonds. The van der Waals surface area contributed by atoms with E-state index in [-0.39, 0.29) is 11.9 Å². The SMILES string of the molecule is Cc1nccc(NC(C)Cc2ccc(F)cc2)n1. The maximum absolute atomic E-state index is 12.8. The lowest BCUT2D eigenvalue weighted by atomic mass is 10.1. The highest BCUT2D eigenvalue weighted by molar-refractivity contribution is 5.34. The largest absolute Gasteiger partial charge is 0.367 e. The molecule has 0 aliphatic carbocycles. The quantitative estimate of drug-likeness (QED) is 0.899. The Morgan fingerprint density at radius 2 is 1.94 bits per heavy atom. The molecule has 3 nitrogen and oxygen atoms in total. The summed E-state index contributed by atoms with van der Waals surface area (Å²) in [6.45, 7) is 3.93. The van der Waals surface area contributed by atoms with Crippen molar-refractivity contribution in [2.45, 2.75) is 26.3 Å². The van der Waals surface area contributed by atoms with Crippen LogP contribution >= 0.6 is 0 Å². The molecule has 0 bridgehead atoms. The molecule has 0 aliphatic rings. The summed E-state index contributed by atoms with van der Waals surface area (Å²) in [6.07, 6.45) is 2.55. The first kappa shape index (κ1) is 12.5. The molecular weight excluding hydrogens is 229 g/mol. The van der Waals surface area contributed by atoms with Crippen LogP contribution in [0.4, 0.5) is 10.2 Å². The van der Waals surface area contributed by atoms with Crippen LogP contribution in [0.1, 0.15) is 18.3 Å². The standard InChI is InChI=1S/C14H16FN3/c1-10(9-12-3-5-13(15)6-4-12)17-14-7-8-16-11(2)18-14/h3-8,10H,9H2,1-2H3,(H,16,17,18). The summed E-state index contributed by atoms with van der Waals surface area (Å²) >= 11 is 0. The molecular formula is C14H16FN3. The van der Waals surface area contributed by atoms with Crippen molar-refractivity contribution in [1.82, 2.24) is 9.97 Å². The summed E-state index contributed by atoms with van der Waals surface area (Å²) in [7, 11) is 0. The van der Waals surface area contributed by atoms with E-state index in [4.69, 9.17) is 0 Å². The number of halogens is 1. The van der Waals surface area contributed by atoms with Crippen LogP contribution in [-0.4, -0.2) is 16.0 Å². The molecule has 2 rings (SSSR count). The van der Waals surface area contributed by atoms with E-state index in [1.807, 2.05) is 13.0 Å². The second-order valence-electron chi connectivity index (χ2n) is 4.37. The van der Waals surface area contributed by atoms with E-state index in [2.05, 4.69) is 22.2 Å². The summed E-state index contributed by atoms with van der Waals surface area (Å²) < 4.78 is 12.8. The van der Waals surface area contributed by atoms with Crippen molar-refractivity contribution in [2.24, 2.45) is 0 Å². The molecule has 0 saturated carbocycles. The number of aryl methyl sites for hydroxylation is 1. The van der Waals surface area contributed by atoms with Crippen molar-refractivity contribution in [2.75, 3.05) is 5.32 Å². The first-order valence-electron chi connectivity index (χ1n) is 5.94. The highest BCUT2D eigenvalue weighted by Crippen LogP contribution is 2.09. The number of hydrogen-bond acceptors (Lipinski definition) is 3. The van der Waals surface area contributed by atoms with Gasteiger partial charge in [-0.15, -0.1) is 0 Å². The Balaban J connectivity index is 1.96. The van der Waals surface area contributed by atoms with E-state index in [1.54, 1.807) is 18.3 Å². The van der Waals surface area contributed by atoms with Gasteiger partial charge in [-0.25, -0.2) is 14.4 Å². The fraction of sp³-hybridized carbons (Fsp3) is 0.286. The Hall–Kier alpha value is -1.97. The van der Waals surface area contributed by atoms with Gasteiger partial charge in [-0.3, -0.25) is 0 Å². The highest BCUT2D eigenvalue weighted by Gasteiger charge is 2.05. The summed E-state index contributed by atoms with van der Waals surface area (Å²) in [4.78, 5) is 8.33. The average molecular weight is 245 g/mol. The van der Waals surface area contributed by atoms with Crippen molar-refractivity contribution < 1.29 is 4.39 Å². The molecule has 0 aliphatic heterocycles. The summed E-state index contributed by atoms with van der Waals surface area (Å²) in [6, 6.07) is 8.64. The number of nitrogens with one attached hydrogen (secondary N) is 1. The zero-order chi connectivity index (χ0) is 13.0. The lowest BCUT2D eigenvalue weighted by Crippen LogP contribution is -2.19. The average Bonchev–Trinajstić information content (AvgIpc) is 2.32. The third kappa shape index (κ3) is 3.52. The predicted octanol–water partition coefficient (Wildman–Crippen LogP) is 2.97. The fourth-order valence-electron chi connectivity index (χ4n) is 1.81. The van der Waals surface area contributed by atoms with E-state index in [9.17, 15) is 4.39 Å². The summed E-state index contributed by atoms with van der Waals surface area (Å²) in [5.41, 5.74) is 1.10. The van der Waals surface area contributed by atoms with Crippen LogP contribution in [0.15, 0.2) is 36.5 Å². The van der Waals surface area contributed by atoms with Crippen LogP contribution in [0.2, 0.25) is 0 Å². The second kappa shape index (κ2) is 5.58. The van der Waals surface area contributed by atoms with E-state index in [0.29, 0.717) is 0 Å². The zero-order valence-corrected chi connectivity index (χ0v) is 10.5. The van der Waals surface area contributed by atoms with Crippen molar-refractivity contribution in [3.05, 3.63) is 53.7 Å². The van der Waals surface area contributed by atoms with Crippen molar-refractivity contribution >= 4 is 5.82 Å². The van der Waals surface area contributed by atoms with Gasteiger partial charge in [0.15, 0.2) is 0 Å². The van der Waals surface area contributed by atoms with E-state index in [1.165, 1.54) is 12.1 Å². The van der Waals surface area contributed by atoms with Crippen molar-refractivity contribution in [1.29, 1.82) is 0 Å². The first-order valence-corrected chi connectivity index (χ1v) is 5.94. The van der Waals surface area contributed by atoms with Gasteiger partial charge < -0.3 is 5.32 Å². The Morgan fingerprint density at radius 3 is 2.61 bits per heavy atom. The molecule has 0 saturated heterocycles. The van der Waals surface area contributed by atoms with Gasteiger partial charge in [0.25, 0.3) is 0 Å². The molecule has 2 aromatic rings. The lowest BCUT2D eigenvalue weighted by Gasteiger charge is -2.14. The summed E-state index contributed by atoms with van der Waals surface area (Å²) in [5.74, 6) is 1.36. The van der Waals surface area contributed by atoms with E-state index in [0.717, 1.165) is 23.6 Å². The minimum Gasteiger partial charge on any atom is -0.367 e. The van der Waals surface area contributed by atoms with Crippen LogP contribution in [0, 0.1) is 12.7 Å². The maximum Gasteiger partial charge on any atom is 0.129 e. The molecule has 1 N–H and O–H groups in total. The number of anilines is 1. The van der Waals surface area contributed by atoms with Gasteiger partial charge in [0.2, 0.25) is 0 Å². The monoisotopic (exact) mass is 245 g/mol. The van der Waals surface area contributed by atoms with Crippen LogP contribution in [0.25, 0.3) is 0 Å². The predicted molar refractivity (Wildman–Crippen MR) is 70.0 cm³/mol. The molecule has 1 atom stereocenters. The Bertz CT molecular complexity index is 511. The van der Waals surface area contributed by atoms with Gasteiger partial charge in [0.1, 0.15) is 17.5 Å². The van der Waals surface area contributed by atoms with Crippen LogP contribution in [0.5, 0.6) is 0 Å². The second-order valence-corrected chi connectivity index (χ2v) is 4.37. The number of hydrogen-bond donors (Lipinski definition) is 1. The van der Waals surface area contributed by atoms with Gasteiger partial charge in [-0.1, -0.05) is 12.1 Å². The van der Waals surface area contributed by atoms with Gasteiger partial charge in [-0.2, -0.15) is 0 Å². The minimum absolute atomic E-state index is 0.203. The highest BCUT2D eigenvalue weighted by atomic mass is 19.1. The molecule has 0 fully saturated rings. The molecule has 1 aromatic carbocycles. The van der Waals surface area contributed by atoms with Gasteiger partial charge in [0.05, 0.1) is 0 Å². The van der Waals surface area contributed by atoms with Crippen molar-refractivity contribution in [3.8, 4) is 0 Å². The molecule has 0 spiro atoms. The topological polar surface area (TPSA) is 37.8 Å².